The molecule has 0 amide bonds. The van der Waals surface area contributed by atoms with Gasteiger partial charge < -0.3 is 0 Å². The molecule has 1 aromatic rings. The number of aryl methyl sites for hydroxylation is 1. The summed E-state index contributed by atoms with van der Waals surface area (Å²) in [5.74, 6) is 0. The predicted octanol–water partition coefficient (Wildman–Crippen LogP) is 2.32. The van der Waals surface area contributed by atoms with Crippen molar-refractivity contribution in [3.8, 4) is 0 Å². The van der Waals surface area contributed by atoms with Gasteiger partial charge in [-0.3, -0.25) is 9.88 Å². The molecule has 1 saturated heterocycles. The average molecular weight is 208 g/mol. The zero-order valence-corrected chi connectivity index (χ0v) is 9.12. The Morgan fingerprint density at radius 3 is 3.20 bits per heavy atom. The number of likely N-dealkylation sites (tertiary alicyclic amines) is 1. The van der Waals surface area contributed by atoms with Crippen molar-refractivity contribution in [2.45, 2.75) is 32.4 Å². The van der Waals surface area contributed by atoms with Crippen LogP contribution in [-0.2, 0) is 6.54 Å². The molecule has 1 atom stereocenters. The molecule has 1 aliphatic rings. The van der Waals surface area contributed by atoms with Crippen molar-refractivity contribution in [3.05, 3.63) is 29.6 Å². The molecule has 1 aliphatic heterocycles. The maximum atomic E-state index is 12.7. The Morgan fingerprint density at radius 1 is 1.60 bits per heavy atom. The Hall–Kier alpha value is -0.960. The van der Waals surface area contributed by atoms with Crippen molar-refractivity contribution in [2.24, 2.45) is 0 Å². The second-order valence-electron chi connectivity index (χ2n) is 4.17. The van der Waals surface area contributed by atoms with E-state index in [9.17, 15) is 4.39 Å². The third kappa shape index (κ3) is 2.34. The summed E-state index contributed by atoms with van der Waals surface area (Å²) in [6, 6.07) is 4.16. The van der Waals surface area contributed by atoms with Crippen molar-refractivity contribution in [3.63, 3.8) is 0 Å². The van der Waals surface area contributed by atoms with Crippen molar-refractivity contribution in [1.29, 1.82) is 0 Å². The molecule has 0 aromatic carbocycles. The lowest BCUT2D eigenvalue weighted by molar-refractivity contribution is 0.207. The van der Waals surface area contributed by atoms with E-state index in [2.05, 4.69) is 16.0 Å². The minimum Gasteiger partial charge on any atom is -0.293 e. The van der Waals surface area contributed by atoms with Crippen molar-refractivity contribution >= 4 is 0 Å². The lowest BCUT2D eigenvalue weighted by Gasteiger charge is -2.22. The molecular formula is C12H17FN2. The Labute approximate surface area is 90.1 Å². The summed E-state index contributed by atoms with van der Waals surface area (Å²) in [5.41, 5.74) is 2.28. The quantitative estimate of drug-likeness (QED) is 0.758. The molecule has 1 fully saturated rings. The van der Waals surface area contributed by atoms with E-state index in [1.54, 1.807) is 6.20 Å². The van der Waals surface area contributed by atoms with Gasteiger partial charge in [-0.15, -0.1) is 0 Å². The van der Waals surface area contributed by atoms with Gasteiger partial charge >= 0.3 is 0 Å². The van der Waals surface area contributed by atoms with Gasteiger partial charge in [0.05, 0.1) is 0 Å². The first-order valence-corrected chi connectivity index (χ1v) is 5.52. The van der Waals surface area contributed by atoms with Crippen molar-refractivity contribution < 1.29 is 4.39 Å². The highest BCUT2D eigenvalue weighted by Crippen LogP contribution is 2.20. The van der Waals surface area contributed by atoms with Gasteiger partial charge in [0, 0.05) is 24.5 Å². The smallest absolute Gasteiger partial charge is 0.105 e. The second kappa shape index (κ2) is 4.71. The van der Waals surface area contributed by atoms with Gasteiger partial charge in [-0.1, -0.05) is 6.07 Å². The maximum absolute atomic E-state index is 12.7. The normalized spacial score (nSPS) is 22.1. The van der Waals surface area contributed by atoms with Gasteiger partial charge in [-0.2, -0.15) is 0 Å². The Bertz CT molecular complexity index is 327. The molecule has 0 aliphatic carbocycles. The highest BCUT2D eigenvalue weighted by atomic mass is 19.1. The fourth-order valence-electron chi connectivity index (χ4n) is 2.18. The average Bonchev–Trinajstić information content (AvgIpc) is 2.69. The summed E-state index contributed by atoms with van der Waals surface area (Å²) in [6.07, 6.45) is 3.92. The van der Waals surface area contributed by atoms with E-state index in [0.29, 0.717) is 0 Å². The molecule has 0 unspecified atom stereocenters. The lowest BCUT2D eigenvalue weighted by atomic mass is 10.2. The van der Waals surface area contributed by atoms with Crippen LogP contribution in [0, 0.1) is 6.92 Å². The van der Waals surface area contributed by atoms with Gasteiger partial charge in [0.1, 0.15) is 6.67 Å². The molecule has 82 valence electrons. The van der Waals surface area contributed by atoms with E-state index in [-0.39, 0.29) is 12.7 Å². The van der Waals surface area contributed by atoms with E-state index < -0.39 is 0 Å². The Balaban J connectivity index is 2.05. The third-order valence-electron chi connectivity index (χ3n) is 3.17. The highest BCUT2D eigenvalue weighted by Gasteiger charge is 2.24. The number of rotatable bonds is 3. The van der Waals surface area contributed by atoms with Gasteiger partial charge in [0.2, 0.25) is 0 Å². The summed E-state index contributed by atoms with van der Waals surface area (Å²) < 4.78 is 12.7. The van der Waals surface area contributed by atoms with E-state index >= 15 is 0 Å². The van der Waals surface area contributed by atoms with Crippen LogP contribution in [0.4, 0.5) is 4.39 Å². The zero-order chi connectivity index (χ0) is 10.7. The van der Waals surface area contributed by atoms with Gasteiger partial charge in [-0.25, -0.2) is 4.39 Å². The number of pyridine rings is 1. The molecule has 0 N–H and O–H groups in total. The number of nitrogens with zero attached hydrogens (tertiary/aromatic N) is 2. The monoisotopic (exact) mass is 208 g/mol. The van der Waals surface area contributed by atoms with E-state index in [1.807, 2.05) is 13.0 Å². The van der Waals surface area contributed by atoms with E-state index in [4.69, 9.17) is 0 Å². The molecular weight excluding hydrogens is 191 g/mol. The first kappa shape index (κ1) is 10.6. The van der Waals surface area contributed by atoms with Gasteiger partial charge in [0.15, 0.2) is 0 Å². The minimum absolute atomic E-state index is 0.129. The SMILES string of the molecule is Cc1ncccc1CN1CCC[C@@H]1CF. The van der Waals surface area contributed by atoms with Crippen LogP contribution in [0.2, 0.25) is 0 Å². The molecule has 15 heavy (non-hydrogen) atoms. The summed E-state index contributed by atoms with van der Waals surface area (Å²) in [6.45, 7) is 3.65. The van der Waals surface area contributed by atoms with Crippen LogP contribution in [-0.4, -0.2) is 29.1 Å². The van der Waals surface area contributed by atoms with Gasteiger partial charge in [-0.05, 0) is 37.9 Å². The zero-order valence-electron chi connectivity index (χ0n) is 9.12. The number of hydrogen-bond acceptors (Lipinski definition) is 2. The lowest BCUT2D eigenvalue weighted by Crippen LogP contribution is -2.30. The molecule has 1 aromatic heterocycles. The van der Waals surface area contributed by atoms with Crippen molar-refractivity contribution in [1.82, 2.24) is 9.88 Å². The fraction of sp³-hybridized carbons (Fsp3) is 0.583. The van der Waals surface area contributed by atoms with Crippen LogP contribution < -0.4 is 0 Å². The molecule has 2 heterocycles. The Kier molecular flexibility index (Phi) is 3.31. The molecule has 0 saturated carbocycles. The number of halogens is 1. The fourth-order valence-corrected chi connectivity index (χ4v) is 2.18. The van der Waals surface area contributed by atoms with Crippen LogP contribution in [0.25, 0.3) is 0 Å². The molecule has 0 radical (unpaired) electrons. The van der Waals surface area contributed by atoms with Crippen molar-refractivity contribution in [2.75, 3.05) is 13.2 Å². The molecule has 2 rings (SSSR count). The Morgan fingerprint density at radius 2 is 2.47 bits per heavy atom. The maximum Gasteiger partial charge on any atom is 0.105 e. The topological polar surface area (TPSA) is 16.1 Å². The molecule has 2 nitrogen and oxygen atoms in total. The molecule has 0 spiro atoms. The van der Waals surface area contributed by atoms with Crippen LogP contribution in [0.15, 0.2) is 18.3 Å². The first-order chi connectivity index (χ1) is 7.31. The van der Waals surface area contributed by atoms with Crippen LogP contribution in [0.1, 0.15) is 24.1 Å². The van der Waals surface area contributed by atoms with E-state index in [1.165, 1.54) is 5.56 Å². The summed E-state index contributed by atoms with van der Waals surface area (Å²) in [7, 11) is 0. The second-order valence-corrected chi connectivity index (χ2v) is 4.17. The van der Waals surface area contributed by atoms with Crippen LogP contribution in [0.3, 0.4) is 0 Å². The van der Waals surface area contributed by atoms with Gasteiger partial charge in [0.25, 0.3) is 0 Å². The number of alkyl halides is 1. The highest BCUT2D eigenvalue weighted by molar-refractivity contribution is 5.18. The molecule has 0 bridgehead atoms. The first-order valence-electron chi connectivity index (χ1n) is 5.52. The number of hydrogen-bond donors (Lipinski definition) is 0. The molecule has 3 heteroatoms. The summed E-state index contributed by atoms with van der Waals surface area (Å²) in [5, 5.41) is 0. The summed E-state index contributed by atoms with van der Waals surface area (Å²) in [4.78, 5) is 6.48. The predicted molar refractivity (Wildman–Crippen MR) is 58.4 cm³/mol. The minimum atomic E-state index is -0.223. The van der Waals surface area contributed by atoms with Crippen LogP contribution >= 0.6 is 0 Å². The third-order valence-corrected chi connectivity index (χ3v) is 3.17. The summed E-state index contributed by atoms with van der Waals surface area (Å²) >= 11 is 0. The van der Waals surface area contributed by atoms with E-state index in [0.717, 1.165) is 31.6 Å². The standard InChI is InChI=1S/C12H17FN2/c1-10-11(4-2-6-14-10)9-15-7-3-5-12(15)8-13/h2,4,6,12H,3,5,7-9H2,1H3/t12-/m1/s1. The number of aromatic nitrogens is 1. The largest absolute Gasteiger partial charge is 0.293 e. The van der Waals surface area contributed by atoms with Crippen LogP contribution in [0.5, 0.6) is 0 Å².